The van der Waals surface area contributed by atoms with Crippen molar-refractivity contribution in [1.29, 1.82) is 0 Å². The Kier molecular flexibility index (Phi) is 7.16. The molecule has 10 heteroatoms. The Morgan fingerprint density at radius 1 is 1.06 bits per heavy atom. The van der Waals surface area contributed by atoms with Gasteiger partial charge in [0, 0.05) is 31.0 Å². The highest BCUT2D eigenvalue weighted by atomic mass is 32.2. The maximum absolute atomic E-state index is 12.6. The Morgan fingerprint density at radius 2 is 1.77 bits per heavy atom. The monoisotopic (exact) mass is 441 g/mol. The number of rotatable bonds is 8. The van der Waals surface area contributed by atoms with Crippen molar-refractivity contribution >= 4 is 27.4 Å². The molecule has 0 saturated heterocycles. The largest absolute Gasteiger partial charge is 0.384 e. The number of nitrogens with zero attached hydrogens (tertiary/aromatic N) is 2. The summed E-state index contributed by atoms with van der Waals surface area (Å²) in [5, 5.41) is 5.36. The summed E-state index contributed by atoms with van der Waals surface area (Å²) in [5.41, 5.74) is 7.40. The molecule has 31 heavy (non-hydrogen) atoms. The maximum atomic E-state index is 12.6. The Bertz CT molecular complexity index is 1140. The molecule has 0 aliphatic carbocycles. The van der Waals surface area contributed by atoms with Gasteiger partial charge in [-0.3, -0.25) is 0 Å². The molecule has 1 aromatic heterocycles. The minimum atomic E-state index is -3.57. The number of benzene rings is 2. The zero-order valence-electron chi connectivity index (χ0n) is 16.9. The van der Waals surface area contributed by atoms with Gasteiger partial charge in [0.05, 0.1) is 22.9 Å². The molecule has 3 rings (SSSR count). The third-order valence-electron chi connectivity index (χ3n) is 4.23. The third kappa shape index (κ3) is 6.24. The molecule has 0 aliphatic rings. The number of nitrogens with one attached hydrogen (secondary N) is 2. The topological polar surface area (TPSA) is 136 Å². The van der Waals surface area contributed by atoms with Crippen LogP contribution in [-0.4, -0.2) is 44.7 Å². The highest BCUT2D eigenvalue weighted by Gasteiger charge is 2.17. The van der Waals surface area contributed by atoms with E-state index in [0.29, 0.717) is 35.9 Å². The van der Waals surface area contributed by atoms with E-state index < -0.39 is 9.84 Å². The van der Waals surface area contributed by atoms with E-state index in [1.54, 1.807) is 49.6 Å². The van der Waals surface area contributed by atoms with Gasteiger partial charge in [0.15, 0.2) is 15.7 Å². The van der Waals surface area contributed by atoms with Gasteiger partial charge in [0.2, 0.25) is 0 Å². The summed E-state index contributed by atoms with van der Waals surface area (Å²) in [6.45, 7) is 0.813. The van der Waals surface area contributed by atoms with Gasteiger partial charge in [-0.1, -0.05) is 18.2 Å². The molecule has 3 aromatic rings. The Balaban J connectivity index is 1.75. The molecule has 9 nitrogen and oxygen atoms in total. The van der Waals surface area contributed by atoms with E-state index in [1.807, 2.05) is 0 Å². The first kappa shape index (κ1) is 22.2. The number of hydrogen-bond donors (Lipinski definition) is 3. The number of nitrogens with two attached hydrogens (primary N) is 1. The highest BCUT2D eigenvalue weighted by molar-refractivity contribution is 7.90. The van der Waals surface area contributed by atoms with Crippen molar-refractivity contribution in [3.8, 4) is 11.4 Å². The first-order valence-electron chi connectivity index (χ1n) is 9.43. The van der Waals surface area contributed by atoms with Crippen LogP contribution < -0.4 is 16.4 Å². The average molecular weight is 442 g/mol. The van der Waals surface area contributed by atoms with Crippen LogP contribution in [-0.2, 0) is 20.3 Å². The fraction of sp³-hybridized carbons (Fsp3) is 0.190. The molecule has 4 N–H and O–H groups in total. The average Bonchev–Trinajstić information content (AvgIpc) is 2.74. The first-order chi connectivity index (χ1) is 14.9. The lowest BCUT2D eigenvalue weighted by molar-refractivity contribution is 0.198. The van der Waals surface area contributed by atoms with E-state index in [2.05, 4.69) is 20.6 Å². The number of ether oxygens (including phenoxy) is 1. The van der Waals surface area contributed by atoms with Gasteiger partial charge in [-0.15, -0.1) is 0 Å². The lowest BCUT2D eigenvalue weighted by atomic mass is 10.2. The van der Waals surface area contributed by atoms with Crippen molar-refractivity contribution in [2.24, 2.45) is 0 Å². The quantitative estimate of drug-likeness (QED) is 0.457. The SMILES string of the molecule is COCCNC(=O)Nc1ccc(-c2nc(N)cc(CS(=O)(=O)c3ccccc3)n2)cc1. The zero-order chi connectivity index (χ0) is 22.3. The normalized spacial score (nSPS) is 11.1. The van der Waals surface area contributed by atoms with Crippen LogP contribution in [0.4, 0.5) is 16.3 Å². The predicted molar refractivity (Wildman–Crippen MR) is 118 cm³/mol. The summed E-state index contributed by atoms with van der Waals surface area (Å²) in [6.07, 6.45) is 0. The minimum Gasteiger partial charge on any atom is -0.384 e. The van der Waals surface area contributed by atoms with Crippen LogP contribution in [0.5, 0.6) is 0 Å². The first-order valence-corrected chi connectivity index (χ1v) is 11.1. The van der Waals surface area contributed by atoms with Crippen LogP contribution in [0.1, 0.15) is 5.69 Å². The summed E-state index contributed by atoms with van der Waals surface area (Å²) in [7, 11) is -2.01. The summed E-state index contributed by atoms with van der Waals surface area (Å²) in [4.78, 5) is 20.6. The molecule has 0 radical (unpaired) electrons. The molecule has 0 unspecified atom stereocenters. The Hall–Kier alpha value is -3.50. The van der Waals surface area contributed by atoms with Crippen LogP contribution in [0.25, 0.3) is 11.4 Å². The number of carbonyl (C=O) groups excluding carboxylic acids is 1. The second-order valence-electron chi connectivity index (χ2n) is 6.63. The molecular formula is C21H23N5O4S. The fourth-order valence-corrected chi connectivity index (χ4v) is 4.05. The van der Waals surface area contributed by atoms with Gasteiger partial charge < -0.3 is 21.1 Å². The summed E-state index contributed by atoms with van der Waals surface area (Å²) < 4.78 is 30.2. The second-order valence-corrected chi connectivity index (χ2v) is 8.62. The van der Waals surface area contributed by atoms with Gasteiger partial charge in [-0.25, -0.2) is 23.2 Å². The van der Waals surface area contributed by atoms with Crippen molar-refractivity contribution in [2.45, 2.75) is 10.6 Å². The molecule has 0 bridgehead atoms. The van der Waals surface area contributed by atoms with Gasteiger partial charge in [-0.05, 0) is 36.4 Å². The van der Waals surface area contributed by atoms with E-state index in [9.17, 15) is 13.2 Å². The molecule has 0 saturated carbocycles. The number of anilines is 2. The molecule has 1 heterocycles. The number of methoxy groups -OCH3 is 1. The molecule has 0 aliphatic heterocycles. The van der Waals surface area contributed by atoms with Gasteiger partial charge in [0.1, 0.15) is 5.82 Å². The highest BCUT2D eigenvalue weighted by Crippen LogP contribution is 2.22. The van der Waals surface area contributed by atoms with E-state index in [-0.39, 0.29) is 22.5 Å². The van der Waals surface area contributed by atoms with Crippen LogP contribution >= 0.6 is 0 Å². The predicted octanol–water partition coefficient (Wildman–Crippen LogP) is 2.47. The van der Waals surface area contributed by atoms with Crippen molar-refractivity contribution in [3.05, 3.63) is 66.4 Å². The van der Waals surface area contributed by atoms with Crippen molar-refractivity contribution < 1.29 is 17.9 Å². The van der Waals surface area contributed by atoms with Gasteiger partial charge in [0.25, 0.3) is 0 Å². The van der Waals surface area contributed by atoms with E-state index in [1.165, 1.54) is 18.2 Å². The smallest absolute Gasteiger partial charge is 0.319 e. The Morgan fingerprint density at radius 3 is 2.45 bits per heavy atom. The molecule has 2 amide bonds. The standard InChI is InChI=1S/C21H23N5O4S/c1-30-12-11-23-21(27)25-16-9-7-15(8-10-16)20-24-17(13-19(22)26-20)14-31(28,29)18-5-3-2-4-6-18/h2-10,13H,11-12,14H2,1H3,(H2,22,24,26)(H2,23,25,27). The minimum absolute atomic E-state index is 0.169. The number of sulfone groups is 1. The van der Waals surface area contributed by atoms with Crippen LogP contribution in [0.2, 0.25) is 0 Å². The third-order valence-corrected chi connectivity index (χ3v) is 5.90. The summed E-state index contributed by atoms with van der Waals surface area (Å²) in [5.74, 6) is 0.176. The maximum Gasteiger partial charge on any atom is 0.319 e. The number of aromatic nitrogens is 2. The van der Waals surface area contributed by atoms with Crippen molar-refractivity contribution in [3.63, 3.8) is 0 Å². The van der Waals surface area contributed by atoms with Crippen molar-refractivity contribution in [2.75, 3.05) is 31.3 Å². The van der Waals surface area contributed by atoms with E-state index >= 15 is 0 Å². The lowest BCUT2D eigenvalue weighted by Crippen LogP contribution is -2.31. The number of amides is 2. The number of nitrogen functional groups attached to an aromatic ring is 1. The van der Waals surface area contributed by atoms with Gasteiger partial charge in [-0.2, -0.15) is 0 Å². The molecule has 0 atom stereocenters. The molecule has 0 spiro atoms. The van der Waals surface area contributed by atoms with Crippen LogP contribution in [0.3, 0.4) is 0 Å². The lowest BCUT2D eigenvalue weighted by Gasteiger charge is -2.09. The van der Waals surface area contributed by atoms with Crippen molar-refractivity contribution in [1.82, 2.24) is 15.3 Å². The fourth-order valence-electron chi connectivity index (χ4n) is 2.77. The number of hydrogen-bond acceptors (Lipinski definition) is 7. The van der Waals surface area contributed by atoms with Gasteiger partial charge >= 0.3 is 6.03 Å². The molecule has 162 valence electrons. The second kappa shape index (κ2) is 10.0. The summed E-state index contributed by atoms with van der Waals surface area (Å²) in [6, 6.07) is 16.1. The molecular weight excluding hydrogens is 418 g/mol. The summed E-state index contributed by atoms with van der Waals surface area (Å²) >= 11 is 0. The van der Waals surface area contributed by atoms with Crippen LogP contribution in [0, 0.1) is 0 Å². The Labute approximate surface area is 180 Å². The van der Waals surface area contributed by atoms with E-state index in [0.717, 1.165) is 0 Å². The number of carbonyl (C=O) groups is 1. The van der Waals surface area contributed by atoms with E-state index in [4.69, 9.17) is 10.5 Å². The zero-order valence-corrected chi connectivity index (χ0v) is 17.7. The van der Waals surface area contributed by atoms with Crippen LogP contribution in [0.15, 0.2) is 65.6 Å². The number of urea groups is 1. The molecule has 2 aromatic carbocycles. The molecule has 0 fully saturated rings.